The van der Waals surface area contributed by atoms with E-state index in [2.05, 4.69) is 0 Å². The molecule has 0 spiro atoms. The van der Waals surface area contributed by atoms with Gasteiger partial charge in [-0.05, 0) is 37.5 Å². The molecule has 0 bridgehead atoms. The first-order valence-corrected chi connectivity index (χ1v) is 7.17. The number of carbonyl (C=O) groups is 2. The maximum atomic E-state index is 13.4. The van der Waals surface area contributed by atoms with E-state index in [1.54, 1.807) is 19.1 Å². The van der Waals surface area contributed by atoms with Crippen molar-refractivity contribution in [2.45, 2.75) is 38.0 Å². The maximum absolute atomic E-state index is 13.4. The van der Waals surface area contributed by atoms with Crippen molar-refractivity contribution in [1.29, 1.82) is 0 Å². The fraction of sp³-hybridized carbons (Fsp3) is 0.500. The number of hydrogen-bond acceptors (Lipinski definition) is 4. The smallest absolute Gasteiger partial charge is 0.344 e. The molecule has 1 aromatic rings. The van der Waals surface area contributed by atoms with Crippen LogP contribution in [-0.2, 0) is 24.5 Å². The topological polar surface area (TPSA) is 52.6 Å². The zero-order chi connectivity index (χ0) is 15.3. The van der Waals surface area contributed by atoms with Crippen molar-refractivity contribution in [2.75, 3.05) is 13.2 Å². The second-order valence-corrected chi connectivity index (χ2v) is 5.18. The van der Waals surface area contributed by atoms with E-state index in [-0.39, 0.29) is 12.4 Å². The largest absolute Gasteiger partial charge is 0.463 e. The van der Waals surface area contributed by atoms with Gasteiger partial charge in [-0.2, -0.15) is 0 Å². The van der Waals surface area contributed by atoms with Crippen LogP contribution < -0.4 is 0 Å². The van der Waals surface area contributed by atoms with E-state index in [4.69, 9.17) is 9.47 Å². The van der Waals surface area contributed by atoms with Gasteiger partial charge < -0.3 is 9.47 Å². The molecule has 1 fully saturated rings. The highest BCUT2D eigenvalue weighted by atomic mass is 19.1. The van der Waals surface area contributed by atoms with Crippen molar-refractivity contribution in [1.82, 2.24) is 0 Å². The van der Waals surface area contributed by atoms with Gasteiger partial charge in [0.2, 0.25) is 0 Å². The van der Waals surface area contributed by atoms with Crippen LogP contribution in [0.2, 0.25) is 0 Å². The third-order valence-electron chi connectivity index (χ3n) is 3.85. The summed E-state index contributed by atoms with van der Waals surface area (Å²) in [6, 6.07) is 6.04. The Morgan fingerprint density at radius 2 is 1.95 bits per heavy atom. The van der Waals surface area contributed by atoms with Crippen LogP contribution in [0.15, 0.2) is 24.3 Å². The van der Waals surface area contributed by atoms with Crippen molar-refractivity contribution >= 4 is 11.9 Å². The van der Waals surface area contributed by atoms with Gasteiger partial charge >= 0.3 is 11.9 Å². The normalized spacial score (nSPS) is 16.5. The molecule has 0 aliphatic heterocycles. The first-order valence-electron chi connectivity index (χ1n) is 7.17. The van der Waals surface area contributed by atoms with Gasteiger partial charge in [-0.15, -0.1) is 0 Å². The summed E-state index contributed by atoms with van der Waals surface area (Å²) in [6.45, 7) is 1.53. The minimum Gasteiger partial charge on any atom is -0.463 e. The Bertz CT molecular complexity index is 521. The Hall–Kier alpha value is -1.91. The molecule has 114 valence electrons. The van der Waals surface area contributed by atoms with Crippen LogP contribution in [-0.4, -0.2) is 25.2 Å². The Morgan fingerprint density at radius 3 is 2.57 bits per heavy atom. The average molecular weight is 294 g/mol. The number of benzene rings is 1. The first-order chi connectivity index (χ1) is 10.1. The molecule has 0 saturated heterocycles. The molecule has 0 aromatic heterocycles. The second kappa shape index (κ2) is 6.70. The van der Waals surface area contributed by atoms with E-state index in [9.17, 15) is 14.0 Å². The second-order valence-electron chi connectivity index (χ2n) is 5.18. The maximum Gasteiger partial charge on any atom is 0.344 e. The lowest BCUT2D eigenvalue weighted by atomic mass is 9.79. The van der Waals surface area contributed by atoms with E-state index in [1.807, 2.05) is 0 Å². The zero-order valence-corrected chi connectivity index (χ0v) is 12.1. The highest BCUT2D eigenvalue weighted by molar-refractivity contribution is 5.85. The molecule has 1 aliphatic rings. The van der Waals surface area contributed by atoms with E-state index in [0.717, 1.165) is 12.8 Å². The Morgan fingerprint density at radius 1 is 1.24 bits per heavy atom. The van der Waals surface area contributed by atoms with Gasteiger partial charge in [-0.1, -0.05) is 25.0 Å². The van der Waals surface area contributed by atoms with E-state index < -0.39 is 24.0 Å². The van der Waals surface area contributed by atoms with Crippen LogP contribution in [0.25, 0.3) is 0 Å². The van der Waals surface area contributed by atoms with E-state index in [1.165, 1.54) is 12.1 Å². The number of halogens is 1. The molecule has 5 heteroatoms. The summed E-state index contributed by atoms with van der Waals surface area (Å²) in [7, 11) is 0. The molecule has 0 N–H and O–H groups in total. The molecular formula is C16H19FO4. The standard InChI is InChI=1S/C16H19FO4/c1-2-20-14(18)11-21-15(19)16(8-3-4-9-16)12-6-5-7-13(17)10-12/h5-7,10H,2-4,8-9,11H2,1H3. The number of carbonyl (C=O) groups excluding carboxylic acids is 2. The third kappa shape index (κ3) is 3.40. The van der Waals surface area contributed by atoms with Crippen LogP contribution in [0, 0.1) is 5.82 Å². The molecular weight excluding hydrogens is 275 g/mol. The number of hydrogen-bond donors (Lipinski definition) is 0. The van der Waals surface area contributed by atoms with Crippen LogP contribution >= 0.6 is 0 Å². The lowest BCUT2D eigenvalue weighted by molar-refractivity contribution is -0.162. The van der Waals surface area contributed by atoms with Gasteiger partial charge in [0.25, 0.3) is 0 Å². The average Bonchev–Trinajstić information content (AvgIpc) is 2.96. The van der Waals surface area contributed by atoms with Crippen LogP contribution in [0.5, 0.6) is 0 Å². The zero-order valence-electron chi connectivity index (χ0n) is 12.1. The van der Waals surface area contributed by atoms with Crippen LogP contribution in [0.3, 0.4) is 0 Å². The number of ether oxygens (including phenoxy) is 2. The molecule has 0 amide bonds. The summed E-state index contributed by atoms with van der Waals surface area (Å²) in [6.07, 6.45) is 2.98. The highest BCUT2D eigenvalue weighted by Crippen LogP contribution is 2.42. The molecule has 0 atom stereocenters. The Balaban J connectivity index is 2.14. The highest BCUT2D eigenvalue weighted by Gasteiger charge is 2.44. The fourth-order valence-corrected chi connectivity index (χ4v) is 2.84. The summed E-state index contributed by atoms with van der Waals surface area (Å²) in [5.41, 5.74) is -0.219. The summed E-state index contributed by atoms with van der Waals surface area (Å²) in [5, 5.41) is 0. The molecule has 0 unspecified atom stereocenters. The van der Waals surface area contributed by atoms with Crippen molar-refractivity contribution in [3.63, 3.8) is 0 Å². The van der Waals surface area contributed by atoms with Gasteiger partial charge in [0, 0.05) is 0 Å². The first kappa shape index (κ1) is 15.5. The van der Waals surface area contributed by atoms with E-state index in [0.29, 0.717) is 18.4 Å². The van der Waals surface area contributed by atoms with E-state index >= 15 is 0 Å². The predicted molar refractivity (Wildman–Crippen MR) is 74.1 cm³/mol. The summed E-state index contributed by atoms with van der Waals surface area (Å²) in [4.78, 5) is 23.7. The Labute approximate surface area is 123 Å². The van der Waals surface area contributed by atoms with Crippen molar-refractivity contribution < 1.29 is 23.5 Å². The molecule has 1 aromatic carbocycles. The fourth-order valence-electron chi connectivity index (χ4n) is 2.84. The Kier molecular flexibility index (Phi) is 4.94. The molecule has 0 radical (unpaired) electrons. The monoisotopic (exact) mass is 294 g/mol. The summed E-state index contributed by atoms with van der Waals surface area (Å²) < 4.78 is 23.3. The van der Waals surface area contributed by atoms with Crippen molar-refractivity contribution in [2.24, 2.45) is 0 Å². The molecule has 4 nitrogen and oxygen atoms in total. The molecule has 1 aliphatic carbocycles. The van der Waals surface area contributed by atoms with Crippen molar-refractivity contribution in [3.05, 3.63) is 35.6 Å². The number of rotatable bonds is 5. The van der Waals surface area contributed by atoms with Crippen LogP contribution in [0.4, 0.5) is 4.39 Å². The minimum absolute atomic E-state index is 0.241. The summed E-state index contributed by atoms with van der Waals surface area (Å²) in [5.74, 6) is -1.42. The van der Waals surface area contributed by atoms with Crippen LogP contribution in [0.1, 0.15) is 38.2 Å². The van der Waals surface area contributed by atoms with Crippen molar-refractivity contribution in [3.8, 4) is 0 Å². The lowest BCUT2D eigenvalue weighted by Gasteiger charge is -2.27. The summed E-state index contributed by atoms with van der Waals surface area (Å²) >= 11 is 0. The molecule has 21 heavy (non-hydrogen) atoms. The van der Waals surface area contributed by atoms with Gasteiger partial charge in [-0.25, -0.2) is 9.18 Å². The lowest BCUT2D eigenvalue weighted by Crippen LogP contribution is -2.36. The molecule has 0 heterocycles. The predicted octanol–water partition coefficient (Wildman–Crippen LogP) is 2.74. The van der Waals surface area contributed by atoms with Gasteiger partial charge in [-0.3, -0.25) is 4.79 Å². The van der Waals surface area contributed by atoms with Gasteiger partial charge in [0.15, 0.2) is 6.61 Å². The molecule has 1 saturated carbocycles. The minimum atomic E-state index is -0.839. The third-order valence-corrected chi connectivity index (χ3v) is 3.85. The quantitative estimate of drug-likeness (QED) is 0.784. The van der Waals surface area contributed by atoms with Gasteiger partial charge in [0.1, 0.15) is 5.82 Å². The van der Waals surface area contributed by atoms with Gasteiger partial charge in [0.05, 0.1) is 12.0 Å². The molecule has 2 rings (SSSR count). The number of esters is 2. The SMILES string of the molecule is CCOC(=O)COC(=O)C1(c2cccc(F)c2)CCCC1.